The number of nitrogens with one attached hydrogen (secondary N) is 1. The fourth-order valence-corrected chi connectivity index (χ4v) is 3.14. The van der Waals surface area contributed by atoms with Gasteiger partial charge in [0.1, 0.15) is 11.9 Å². The van der Waals surface area contributed by atoms with Gasteiger partial charge in [-0.25, -0.2) is 14.0 Å². The number of rotatable bonds is 9. The molecule has 0 aliphatic heterocycles. The van der Waals surface area contributed by atoms with Crippen LogP contribution in [0.3, 0.4) is 0 Å². The molecule has 2 aromatic carbocycles. The first kappa shape index (κ1) is 24.5. The molecule has 31 heavy (non-hydrogen) atoms. The minimum absolute atomic E-state index is 0.0601. The third-order valence-electron chi connectivity index (χ3n) is 4.54. The van der Waals surface area contributed by atoms with Crippen LogP contribution in [0.1, 0.15) is 43.4 Å². The van der Waals surface area contributed by atoms with Crippen molar-refractivity contribution in [2.24, 2.45) is 0 Å². The molecule has 0 heterocycles. The molecule has 0 saturated carbocycles. The Balaban J connectivity index is 2.35. The van der Waals surface area contributed by atoms with Crippen LogP contribution in [0.25, 0.3) is 0 Å². The van der Waals surface area contributed by atoms with E-state index in [1.54, 1.807) is 0 Å². The first-order valence-electron chi connectivity index (χ1n) is 9.63. The maximum absolute atomic E-state index is 15.4. The number of amides is 1. The third-order valence-corrected chi connectivity index (χ3v) is 4.77. The van der Waals surface area contributed by atoms with Crippen molar-refractivity contribution < 1.29 is 32.2 Å². The maximum Gasteiger partial charge on any atom is 0.408 e. The van der Waals surface area contributed by atoms with Crippen molar-refractivity contribution in [1.82, 2.24) is 5.32 Å². The second-order valence-electron chi connectivity index (χ2n) is 6.84. The summed E-state index contributed by atoms with van der Waals surface area (Å²) in [6, 6.07) is 8.21. The van der Waals surface area contributed by atoms with Crippen LogP contribution < -0.4 is 5.32 Å². The van der Waals surface area contributed by atoms with Gasteiger partial charge in [-0.3, -0.25) is 0 Å². The van der Waals surface area contributed by atoms with Crippen LogP contribution in [0.5, 0.6) is 0 Å². The number of benzene rings is 2. The van der Waals surface area contributed by atoms with E-state index in [1.165, 1.54) is 24.3 Å². The molecule has 2 rings (SSSR count). The quantitative estimate of drug-likeness (QED) is 0.485. The highest BCUT2D eigenvalue weighted by atomic mass is 35.5. The van der Waals surface area contributed by atoms with E-state index >= 15 is 8.78 Å². The van der Waals surface area contributed by atoms with Crippen LogP contribution >= 0.6 is 11.6 Å². The molecule has 9 heteroatoms. The van der Waals surface area contributed by atoms with E-state index in [1.807, 2.05) is 6.92 Å². The Kier molecular flexibility index (Phi) is 8.74. The van der Waals surface area contributed by atoms with Crippen molar-refractivity contribution in [3.8, 4) is 0 Å². The molecular formula is C22H23ClF3NO4. The molecule has 0 aliphatic rings. The van der Waals surface area contributed by atoms with Gasteiger partial charge < -0.3 is 14.8 Å². The molecule has 5 nitrogen and oxygen atoms in total. The predicted octanol–water partition coefficient (Wildman–Crippen LogP) is 5.77. The van der Waals surface area contributed by atoms with E-state index in [-0.39, 0.29) is 17.0 Å². The van der Waals surface area contributed by atoms with Gasteiger partial charge in [-0.05, 0) is 30.7 Å². The first-order valence-corrected chi connectivity index (χ1v) is 10.0. The zero-order valence-corrected chi connectivity index (χ0v) is 17.8. The lowest BCUT2D eigenvalue weighted by molar-refractivity contribution is -0.143. The minimum atomic E-state index is -3.75. The number of unbranched alkanes of at least 4 members (excludes halogenated alkanes) is 1. The number of alkyl carbamates (subject to hydrolysis) is 1. The molecule has 1 amide bonds. The molecule has 0 spiro atoms. The molecule has 0 saturated heterocycles. The molecule has 0 aromatic heterocycles. The highest BCUT2D eigenvalue weighted by molar-refractivity contribution is 6.30. The maximum atomic E-state index is 15.4. The van der Waals surface area contributed by atoms with Gasteiger partial charge in [-0.15, -0.1) is 0 Å². The lowest BCUT2D eigenvalue weighted by Crippen LogP contribution is -2.43. The van der Waals surface area contributed by atoms with Crippen LogP contribution in [0.2, 0.25) is 5.02 Å². The summed E-state index contributed by atoms with van der Waals surface area (Å²) in [7, 11) is 1.15. The van der Waals surface area contributed by atoms with Crippen LogP contribution in [0.15, 0.2) is 48.5 Å². The summed E-state index contributed by atoms with van der Waals surface area (Å²) in [5, 5.41) is 2.32. The Bertz CT molecular complexity index is 910. The summed E-state index contributed by atoms with van der Waals surface area (Å²) in [6.07, 6.45) is -1.86. The summed E-state index contributed by atoms with van der Waals surface area (Å²) in [6.45, 7) is 1.89. The molecule has 2 aromatic rings. The number of hydrogen-bond donors (Lipinski definition) is 1. The van der Waals surface area contributed by atoms with Crippen molar-refractivity contribution in [2.75, 3.05) is 7.11 Å². The Morgan fingerprint density at radius 1 is 1.16 bits per heavy atom. The second kappa shape index (κ2) is 11.0. The summed E-state index contributed by atoms with van der Waals surface area (Å²) in [5.41, 5.74) is -0.777. The zero-order valence-electron chi connectivity index (χ0n) is 17.0. The monoisotopic (exact) mass is 457 g/mol. The number of halogens is 4. The minimum Gasteiger partial charge on any atom is -0.467 e. The first-order chi connectivity index (χ1) is 14.7. The lowest BCUT2D eigenvalue weighted by Gasteiger charge is -2.28. The number of hydrogen-bond acceptors (Lipinski definition) is 4. The molecule has 1 N–H and O–H groups in total. The van der Waals surface area contributed by atoms with Gasteiger partial charge in [0.15, 0.2) is 6.10 Å². The predicted molar refractivity (Wildman–Crippen MR) is 109 cm³/mol. The van der Waals surface area contributed by atoms with Gasteiger partial charge in [0.25, 0.3) is 0 Å². The Hall–Kier alpha value is -2.74. The van der Waals surface area contributed by atoms with Crippen molar-refractivity contribution in [3.05, 3.63) is 70.5 Å². The zero-order chi connectivity index (χ0) is 23.0. The fraction of sp³-hybridized carbons (Fsp3) is 0.364. The summed E-state index contributed by atoms with van der Waals surface area (Å²) in [5.74, 6) is -5.25. The molecule has 0 bridgehead atoms. The number of alkyl halides is 2. The second-order valence-corrected chi connectivity index (χ2v) is 7.27. The van der Waals surface area contributed by atoms with Crippen molar-refractivity contribution in [3.63, 3.8) is 0 Å². The topological polar surface area (TPSA) is 64.6 Å². The van der Waals surface area contributed by atoms with E-state index in [9.17, 15) is 14.0 Å². The molecule has 2 atom stereocenters. The summed E-state index contributed by atoms with van der Waals surface area (Å²) in [4.78, 5) is 24.4. The van der Waals surface area contributed by atoms with Crippen molar-refractivity contribution in [2.45, 2.75) is 44.3 Å². The molecule has 0 radical (unpaired) electrons. The molecule has 0 fully saturated rings. The van der Waals surface area contributed by atoms with Gasteiger partial charge in [-0.2, -0.15) is 8.78 Å². The standard InChI is InChI=1S/C22H23ClF3NO4/c1-3-4-11-18(20(28)30-2)27-21(29)31-19(14-7-5-10-17(24)12-14)22(25,26)15-8-6-9-16(23)13-15/h5-10,12-13,18-19H,3-4,11H2,1-2H3,(H,27,29)/t18-,19?/m0/s1. The van der Waals surface area contributed by atoms with E-state index in [0.717, 1.165) is 37.8 Å². The van der Waals surface area contributed by atoms with Crippen molar-refractivity contribution in [1.29, 1.82) is 0 Å². The van der Waals surface area contributed by atoms with E-state index < -0.39 is 41.5 Å². The summed E-state index contributed by atoms with van der Waals surface area (Å²) < 4.78 is 54.2. The Labute approximate surface area is 183 Å². The van der Waals surface area contributed by atoms with Gasteiger partial charge in [0, 0.05) is 16.1 Å². The number of methoxy groups -OCH3 is 1. The SMILES string of the molecule is CCCC[C@H](NC(=O)OC(c1cccc(F)c1)C(F)(F)c1cccc(Cl)c1)C(=O)OC. The van der Waals surface area contributed by atoms with Gasteiger partial charge >= 0.3 is 18.0 Å². The average Bonchev–Trinajstić information content (AvgIpc) is 2.74. The third kappa shape index (κ3) is 6.62. The van der Waals surface area contributed by atoms with Crippen LogP contribution in [-0.2, 0) is 20.2 Å². The highest BCUT2D eigenvalue weighted by Crippen LogP contribution is 2.43. The smallest absolute Gasteiger partial charge is 0.408 e. The van der Waals surface area contributed by atoms with Gasteiger partial charge in [-0.1, -0.05) is 55.6 Å². The molecule has 1 unspecified atom stereocenters. The molecule has 168 valence electrons. The molecular weight excluding hydrogens is 435 g/mol. The number of esters is 1. The lowest BCUT2D eigenvalue weighted by atomic mass is 9.97. The summed E-state index contributed by atoms with van der Waals surface area (Å²) >= 11 is 5.84. The normalized spacial score (nSPS) is 13.2. The van der Waals surface area contributed by atoms with Crippen molar-refractivity contribution >= 4 is 23.7 Å². The van der Waals surface area contributed by atoms with E-state index in [0.29, 0.717) is 6.42 Å². The Morgan fingerprint density at radius 2 is 1.87 bits per heavy atom. The number of ether oxygens (including phenoxy) is 2. The highest BCUT2D eigenvalue weighted by Gasteiger charge is 2.46. The average molecular weight is 458 g/mol. The van der Waals surface area contributed by atoms with E-state index in [2.05, 4.69) is 10.1 Å². The largest absolute Gasteiger partial charge is 0.467 e. The molecule has 0 aliphatic carbocycles. The fourth-order valence-electron chi connectivity index (χ4n) is 2.95. The van der Waals surface area contributed by atoms with Crippen LogP contribution in [-0.4, -0.2) is 25.2 Å². The van der Waals surface area contributed by atoms with E-state index in [4.69, 9.17) is 16.3 Å². The number of carbonyl (C=O) groups is 2. The number of carbonyl (C=O) groups excluding carboxylic acids is 2. The van der Waals surface area contributed by atoms with Gasteiger partial charge in [0.05, 0.1) is 7.11 Å². The van der Waals surface area contributed by atoms with Crippen LogP contribution in [0.4, 0.5) is 18.0 Å². The van der Waals surface area contributed by atoms with Gasteiger partial charge in [0.2, 0.25) is 0 Å². The van der Waals surface area contributed by atoms with Crippen LogP contribution in [0, 0.1) is 5.82 Å². The Morgan fingerprint density at radius 3 is 2.48 bits per heavy atom.